The summed E-state index contributed by atoms with van der Waals surface area (Å²) in [4.78, 5) is 0. The van der Waals surface area contributed by atoms with E-state index in [0.717, 1.165) is 5.02 Å². The SMILES string of the molecule is CC(C)C(NN)c1ccc(Cl)cc1. The predicted molar refractivity (Wildman–Crippen MR) is 56.4 cm³/mol. The minimum Gasteiger partial charge on any atom is -0.271 e. The predicted octanol–water partition coefficient (Wildman–Crippen LogP) is 2.50. The van der Waals surface area contributed by atoms with Crippen molar-refractivity contribution in [3.8, 4) is 0 Å². The van der Waals surface area contributed by atoms with E-state index in [9.17, 15) is 0 Å². The molecule has 72 valence electrons. The largest absolute Gasteiger partial charge is 0.271 e. The monoisotopic (exact) mass is 198 g/mol. The Kier molecular flexibility index (Phi) is 3.72. The highest BCUT2D eigenvalue weighted by molar-refractivity contribution is 6.30. The molecule has 1 atom stereocenters. The van der Waals surface area contributed by atoms with E-state index in [1.165, 1.54) is 5.56 Å². The molecule has 0 bridgehead atoms. The molecular formula is C10H15ClN2. The summed E-state index contributed by atoms with van der Waals surface area (Å²) in [5.74, 6) is 5.92. The van der Waals surface area contributed by atoms with Gasteiger partial charge in [-0.15, -0.1) is 0 Å². The van der Waals surface area contributed by atoms with Crippen molar-refractivity contribution in [2.24, 2.45) is 11.8 Å². The molecule has 0 spiro atoms. The number of nitrogens with one attached hydrogen (secondary N) is 1. The average Bonchev–Trinajstić information content (AvgIpc) is 2.09. The van der Waals surface area contributed by atoms with Crippen molar-refractivity contribution < 1.29 is 0 Å². The van der Waals surface area contributed by atoms with E-state index in [-0.39, 0.29) is 6.04 Å². The third-order valence-electron chi connectivity index (χ3n) is 2.08. The maximum atomic E-state index is 5.79. The Morgan fingerprint density at radius 3 is 2.15 bits per heavy atom. The highest BCUT2D eigenvalue weighted by Gasteiger charge is 2.12. The maximum absolute atomic E-state index is 5.79. The summed E-state index contributed by atoms with van der Waals surface area (Å²) in [6.45, 7) is 4.25. The van der Waals surface area contributed by atoms with Gasteiger partial charge in [-0.1, -0.05) is 37.6 Å². The zero-order valence-electron chi connectivity index (χ0n) is 7.92. The third-order valence-corrected chi connectivity index (χ3v) is 2.33. The smallest absolute Gasteiger partial charge is 0.0482 e. The zero-order valence-corrected chi connectivity index (χ0v) is 8.68. The van der Waals surface area contributed by atoms with Crippen molar-refractivity contribution in [1.82, 2.24) is 5.43 Å². The van der Waals surface area contributed by atoms with Crippen molar-refractivity contribution in [1.29, 1.82) is 0 Å². The van der Waals surface area contributed by atoms with Crippen molar-refractivity contribution in [2.45, 2.75) is 19.9 Å². The number of rotatable bonds is 3. The molecule has 0 aliphatic heterocycles. The first-order valence-corrected chi connectivity index (χ1v) is 4.74. The topological polar surface area (TPSA) is 38.0 Å². The Balaban J connectivity index is 2.86. The second kappa shape index (κ2) is 4.61. The van der Waals surface area contributed by atoms with Crippen LogP contribution in [-0.4, -0.2) is 0 Å². The van der Waals surface area contributed by atoms with E-state index in [1.54, 1.807) is 0 Å². The highest BCUT2D eigenvalue weighted by Crippen LogP contribution is 2.21. The number of benzene rings is 1. The molecule has 3 N–H and O–H groups in total. The molecule has 1 aromatic rings. The molecule has 1 aromatic carbocycles. The molecule has 0 saturated carbocycles. The number of hydrogen-bond donors (Lipinski definition) is 2. The number of hydrazine groups is 1. The summed E-state index contributed by atoms with van der Waals surface area (Å²) in [5.41, 5.74) is 3.96. The Hall–Kier alpha value is -0.570. The minimum absolute atomic E-state index is 0.192. The van der Waals surface area contributed by atoms with Gasteiger partial charge in [-0.05, 0) is 23.6 Å². The molecule has 0 aromatic heterocycles. The molecule has 0 aliphatic rings. The molecule has 0 fully saturated rings. The second-order valence-corrected chi connectivity index (χ2v) is 3.88. The van der Waals surface area contributed by atoms with Crippen LogP contribution in [0.15, 0.2) is 24.3 Å². The third kappa shape index (κ3) is 2.69. The van der Waals surface area contributed by atoms with Crippen LogP contribution < -0.4 is 11.3 Å². The Morgan fingerprint density at radius 2 is 1.77 bits per heavy atom. The van der Waals surface area contributed by atoms with Crippen LogP contribution in [0.5, 0.6) is 0 Å². The summed E-state index contributed by atoms with van der Waals surface area (Å²) in [6.07, 6.45) is 0. The van der Waals surface area contributed by atoms with Crippen LogP contribution in [0, 0.1) is 5.92 Å². The Bertz CT molecular complexity index is 256. The molecule has 1 rings (SSSR count). The highest BCUT2D eigenvalue weighted by atomic mass is 35.5. The van der Waals surface area contributed by atoms with Gasteiger partial charge in [0.2, 0.25) is 0 Å². The molecule has 0 aliphatic carbocycles. The second-order valence-electron chi connectivity index (χ2n) is 3.44. The lowest BCUT2D eigenvalue weighted by Gasteiger charge is -2.20. The summed E-state index contributed by atoms with van der Waals surface area (Å²) >= 11 is 5.79. The Morgan fingerprint density at radius 1 is 1.23 bits per heavy atom. The maximum Gasteiger partial charge on any atom is 0.0482 e. The van der Waals surface area contributed by atoms with Crippen molar-refractivity contribution >= 4 is 11.6 Å². The van der Waals surface area contributed by atoms with Crippen molar-refractivity contribution in [2.75, 3.05) is 0 Å². The molecule has 0 saturated heterocycles. The van der Waals surface area contributed by atoms with E-state index in [1.807, 2.05) is 24.3 Å². The van der Waals surface area contributed by atoms with E-state index in [4.69, 9.17) is 17.4 Å². The van der Waals surface area contributed by atoms with E-state index >= 15 is 0 Å². The van der Waals surface area contributed by atoms with Crippen LogP contribution in [0.4, 0.5) is 0 Å². The standard InChI is InChI=1S/C10H15ClN2/c1-7(2)10(13-12)8-3-5-9(11)6-4-8/h3-7,10,13H,12H2,1-2H3. The van der Waals surface area contributed by atoms with Crippen LogP contribution in [0.1, 0.15) is 25.5 Å². The summed E-state index contributed by atoms with van der Waals surface area (Å²) in [5, 5.41) is 0.753. The molecular weight excluding hydrogens is 184 g/mol. The molecule has 13 heavy (non-hydrogen) atoms. The zero-order chi connectivity index (χ0) is 9.84. The normalized spacial score (nSPS) is 13.3. The molecule has 1 unspecified atom stereocenters. The van der Waals surface area contributed by atoms with Gasteiger partial charge in [0.05, 0.1) is 0 Å². The summed E-state index contributed by atoms with van der Waals surface area (Å²) in [7, 11) is 0. The van der Waals surface area contributed by atoms with Gasteiger partial charge in [0.25, 0.3) is 0 Å². The van der Waals surface area contributed by atoms with E-state index in [2.05, 4.69) is 19.3 Å². The molecule has 2 nitrogen and oxygen atoms in total. The lowest BCUT2D eigenvalue weighted by Crippen LogP contribution is -2.31. The summed E-state index contributed by atoms with van der Waals surface area (Å²) < 4.78 is 0. The van der Waals surface area contributed by atoms with Gasteiger partial charge < -0.3 is 0 Å². The average molecular weight is 199 g/mol. The lowest BCUT2D eigenvalue weighted by atomic mass is 9.97. The molecule has 0 heterocycles. The van der Waals surface area contributed by atoms with Crippen molar-refractivity contribution in [3.05, 3.63) is 34.9 Å². The van der Waals surface area contributed by atoms with Gasteiger partial charge in [-0.25, -0.2) is 0 Å². The van der Waals surface area contributed by atoms with Crippen LogP contribution in [0.25, 0.3) is 0 Å². The first-order valence-electron chi connectivity index (χ1n) is 4.36. The minimum atomic E-state index is 0.192. The first kappa shape index (κ1) is 10.5. The van der Waals surface area contributed by atoms with Gasteiger partial charge in [-0.3, -0.25) is 11.3 Å². The fourth-order valence-electron chi connectivity index (χ4n) is 1.34. The van der Waals surface area contributed by atoms with Crippen LogP contribution >= 0.6 is 11.6 Å². The van der Waals surface area contributed by atoms with Crippen LogP contribution in [0.3, 0.4) is 0 Å². The molecule has 3 heteroatoms. The Labute approximate surface area is 84.1 Å². The fourth-order valence-corrected chi connectivity index (χ4v) is 1.47. The number of halogens is 1. The van der Waals surface area contributed by atoms with Gasteiger partial charge in [0, 0.05) is 11.1 Å². The number of nitrogens with two attached hydrogens (primary N) is 1. The van der Waals surface area contributed by atoms with Gasteiger partial charge in [-0.2, -0.15) is 0 Å². The number of hydrogen-bond acceptors (Lipinski definition) is 2. The quantitative estimate of drug-likeness (QED) is 0.579. The lowest BCUT2D eigenvalue weighted by molar-refractivity contribution is 0.421. The van der Waals surface area contributed by atoms with Crippen LogP contribution in [-0.2, 0) is 0 Å². The summed E-state index contributed by atoms with van der Waals surface area (Å²) in [6, 6.07) is 7.93. The van der Waals surface area contributed by atoms with Crippen LogP contribution in [0.2, 0.25) is 5.02 Å². The molecule has 0 amide bonds. The first-order chi connectivity index (χ1) is 6.15. The molecule has 0 radical (unpaired) electrons. The van der Waals surface area contributed by atoms with Gasteiger partial charge in [0.15, 0.2) is 0 Å². The van der Waals surface area contributed by atoms with Gasteiger partial charge in [0.1, 0.15) is 0 Å². The van der Waals surface area contributed by atoms with E-state index in [0.29, 0.717) is 5.92 Å². The fraction of sp³-hybridized carbons (Fsp3) is 0.400. The van der Waals surface area contributed by atoms with Crippen molar-refractivity contribution in [3.63, 3.8) is 0 Å². The van der Waals surface area contributed by atoms with Gasteiger partial charge >= 0.3 is 0 Å². The van der Waals surface area contributed by atoms with E-state index < -0.39 is 0 Å².